The Labute approximate surface area is 109 Å². The molecule has 0 aliphatic rings. The largest absolute Gasteiger partial charge is 0.477 e. The lowest BCUT2D eigenvalue weighted by Gasteiger charge is -2.04. The molecule has 0 atom stereocenters. The zero-order valence-corrected chi connectivity index (χ0v) is 10.6. The van der Waals surface area contributed by atoms with Crippen molar-refractivity contribution < 1.29 is 9.90 Å². The summed E-state index contributed by atoms with van der Waals surface area (Å²) in [7, 11) is 0. The van der Waals surface area contributed by atoms with Gasteiger partial charge in [0.25, 0.3) is 0 Å². The van der Waals surface area contributed by atoms with E-state index in [-0.39, 0.29) is 5.69 Å². The van der Waals surface area contributed by atoms with Crippen molar-refractivity contribution in [3.8, 4) is 0 Å². The minimum Gasteiger partial charge on any atom is -0.477 e. The maximum atomic E-state index is 10.8. The van der Waals surface area contributed by atoms with Gasteiger partial charge in [-0.15, -0.1) is 11.8 Å². The number of rotatable bonds is 4. The summed E-state index contributed by atoms with van der Waals surface area (Å²) in [6.07, 6.45) is 1.48. The highest BCUT2D eigenvalue weighted by Gasteiger charge is 2.07. The number of thioether (sulfide) groups is 1. The van der Waals surface area contributed by atoms with Gasteiger partial charge in [0, 0.05) is 11.1 Å². The van der Waals surface area contributed by atoms with Crippen molar-refractivity contribution in [1.82, 2.24) is 9.97 Å². The van der Waals surface area contributed by atoms with E-state index in [4.69, 9.17) is 5.11 Å². The molecular formula is C13H12N2O2S. The average molecular weight is 260 g/mol. The third kappa shape index (κ3) is 3.07. The van der Waals surface area contributed by atoms with E-state index in [9.17, 15) is 4.79 Å². The van der Waals surface area contributed by atoms with Gasteiger partial charge >= 0.3 is 5.97 Å². The zero-order valence-electron chi connectivity index (χ0n) is 9.83. The molecule has 0 aliphatic carbocycles. The van der Waals surface area contributed by atoms with Crippen LogP contribution in [-0.4, -0.2) is 21.0 Å². The third-order valence-electron chi connectivity index (χ3n) is 2.37. The molecule has 92 valence electrons. The maximum Gasteiger partial charge on any atom is 0.354 e. The van der Waals surface area contributed by atoms with E-state index in [2.05, 4.69) is 9.97 Å². The molecule has 0 fully saturated rings. The third-order valence-corrected chi connectivity index (χ3v) is 3.55. The van der Waals surface area contributed by atoms with Gasteiger partial charge in [0.05, 0.1) is 5.75 Å². The molecule has 1 heterocycles. The fourth-order valence-corrected chi connectivity index (χ4v) is 2.34. The lowest BCUT2D eigenvalue weighted by molar-refractivity contribution is 0.0690. The van der Waals surface area contributed by atoms with Crippen molar-refractivity contribution >= 4 is 17.7 Å². The van der Waals surface area contributed by atoms with Crippen molar-refractivity contribution in [1.29, 1.82) is 0 Å². The molecule has 0 saturated carbocycles. The van der Waals surface area contributed by atoms with E-state index < -0.39 is 5.97 Å². The van der Waals surface area contributed by atoms with Crippen LogP contribution in [-0.2, 0) is 5.75 Å². The van der Waals surface area contributed by atoms with E-state index in [1.807, 2.05) is 31.2 Å². The minimum atomic E-state index is -1.03. The van der Waals surface area contributed by atoms with Crippen LogP contribution in [0.15, 0.2) is 41.4 Å². The molecule has 18 heavy (non-hydrogen) atoms. The molecule has 4 nitrogen and oxygen atoms in total. The van der Waals surface area contributed by atoms with E-state index in [0.29, 0.717) is 11.6 Å². The van der Waals surface area contributed by atoms with Crippen LogP contribution < -0.4 is 0 Å². The highest BCUT2D eigenvalue weighted by atomic mass is 32.2. The Hall–Kier alpha value is -1.88. The van der Waals surface area contributed by atoms with E-state index in [1.165, 1.54) is 17.8 Å². The predicted molar refractivity (Wildman–Crippen MR) is 69.7 cm³/mol. The van der Waals surface area contributed by atoms with E-state index >= 15 is 0 Å². The molecule has 0 saturated heterocycles. The van der Waals surface area contributed by atoms with Crippen LogP contribution in [0.5, 0.6) is 0 Å². The van der Waals surface area contributed by atoms with Gasteiger partial charge in [-0.1, -0.05) is 18.2 Å². The van der Waals surface area contributed by atoms with Gasteiger partial charge in [0.15, 0.2) is 5.69 Å². The van der Waals surface area contributed by atoms with E-state index in [0.717, 1.165) is 4.90 Å². The van der Waals surface area contributed by atoms with Gasteiger partial charge in [-0.05, 0) is 24.6 Å². The normalized spacial score (nSPS) is 10.3. The number of benzene rings is 1. The number of aryl methyl sites for hydroxylation is 1. The molecular weight excluding hydrogens is 248 g/mol. The predicted octanol–water partition coefficient (Wildman–Crippen LogP) is 2.78. The standard InChI is InChI=1S/C13H12N2O2S/c1-9-4-2-3-5-11(9)18-8-12-14-7-6-10(15-12)13(16)17/h2-7H,8H2,1H3,(H,16,17). The number of carboxylic acids is 1. The lowest BCUT2D eigenvalue weighted by Crippen LogP contribution is -2.03. The lowest BCUT2D eigenvalue weighted by atomic mass is 10.2. The summed E-state index contributed by atoms with van der Waals surface area (Å²) in [6.45, 7) is 2.04. The summed E-state index contributed by atoms with van der Waals surface area (Å²) in [6, 6.07) is 9.42. The fraction of sp³-hybridized carbons (Fsp3) is 0.154. The number of hydrogen-bond donors (Lipinski definition) is 1. The fourth-order valence-electron chi connectivity index (χ4n) is 1.45. The first-order valence-corrected chi connectivity index (χ1v) is 6.39. The van der Waals surface area contributed by atoms with Crippen LogP contribution in [0.25, 0.3) is 0 Å². The summed E-state index contributed by atoms with van der Waals surface area (Å²) in [5, 5.41) is 8.84. The second kappa shape index (κ2) is 5.64. The summed E-state index contributed by atoms with van der Waals surface area (Å²) < 4.78 is 0. The Morgan fingerprint density at radius 2 is 2.11 bits per heavy atom. The highest BCUT2D eigenvalue weighted by Crippen LogP contribution is 2.24. The summed E-state index contributed by atoms with van der Waals surface area (Å²) in [5.41, 5.74) is 1.22. The summed E-state index contributed by atoms with van der Waals surface area (Å²) in [5.74, 6) is 0.0640. The molecule has 0 aliphatic heterocycles. The van der Waals surface area contributed by atoms with Gasteiger partial charge in [-0.25, -0.2) is 14.8 Å². The Kier molecular flexibility index (Phi) is 3.94. The Morgan fingerprint density at radius 1 is 1.33 bits per heavy atom. The Bertz CT molecular complexity index is 572. The number of nitrogens with zero attached hydrogens (tertiary/aromatic N) is 2. The molecule has 0 radical (unpaired) electrons. The monoisotopic (exact) mass is 260 g/mol. The maximum absolute atomic E-state index is 10.8. The molecule has 2 rings (SSSR count). The smallest absolute Gasteiger partial charge is 0.354 e. The Balaban J connectivity index is 2.09. The number of aromatic nitrogens is 2. The second-order valence-electron chi connectivity index (χ2n) is 3.72. The second-order valence-corrected chi connectivity index (χ2v) is 4.73. The molecule has 1 aromatic carbocycles. The number of carboxylic acid groups (broad SMARTS) is 1. The molecule has 0 unspecified atom stereocenters. The first-order valence-electron chi connectivity index (χ1n) is 5.40. The van der Waals surface area contributed by atoms with Crippen molar-refractivity contribution in [2.75, 3.05) is 0 Å². The zero-order chi connectivity index (χ0) is 13.0. The van der Waals surface area contributed by atoms with Gasteiger partial charge in [-0.3, -0.25) is 0 Å². The molecule has 0 amide bonds. The molecule has 0 spiro atoms. The van der Waals surface area contributed by atoms with Gasteiger partial charge in [0.1, 0.15) is 5.82 Å². The van der Waals surface area contributed by atoms with Crippen LogP contribution in [0.4, 0.5) is 0 Å². The topological polar surface area (TPSA) is 63.1 Å². The number of aromatic carboxylic acids is 1. The van der Waals surface area contributed by atoms with Crippen LogP contribution in [0, 0.1) is 6.92 Å². The number of hydrogen-bond acceptors (Lipinski definition) is 4. The number of carbonyl (C=O) groups is 1. The van der Waals surface area contributed by atoms with Crippen LogP contribution in [0.3, 0.4) is 0 Å². The van der Waals surface area contributed by atoms with Crippen molar-refractivity contribution in [2.24, 2.45) is 0 Å². The van der Waals surface area contributed by atoms with Crippen LogP contribution in [0.2, 0.25) is 0 Å². The van der Waals surface area contributed by atoms with Crippen molar-refractivity contribution in [3.63, 3.8) is 0 Å². The van der Waals surface area contributed by atoms with Gasteiger partial charge < -0.3 is 5.11 Å². The first-order chi connectivity index (χ1) is 8.66. The molecule has 5 heteroatoms. The van der Waals surface area contributed by atoms with E-state index in [1.54, 1.807) is 11.8 Å². The Morgan fingerprint density at radius 3 is 2.83 bits per heavy atom. The van der Waals surface area contributed by atoms with Gasteiger partial charge in [-0.2, -0.15) is 0 Å². The summed E-state index contributed by atoms with van der Waals surface area (Å²) in [4.78, 5) is 20.0. The molecule has 0 bridgehead atoms. The SMILES string of the molecule is Cc1ccccc1SCc1nccc(C(=O)O)n1. The summed E-state index contributed by atoms with van der Waals surface area (Å²) >= 11 is 1.60. The quantitative estimate of drug-likeness (QED) is 0.856. The van der Waals surface area contributed by atoms with Crippen LogP contribution in [0.1, 0.15) is 21.9 Å². The molecule has 2 aromatic rings. The van der Waals surface area contributed by atoms with Gasteiger partial charge in [0.2, 0.25) is 0 Å². The minimum absolute atomic E-state index is 0.0328. The first kappa shape index (κ1) is 12.6. The highest BCUT2D eigenvalue weighted by molar-refractivity contribution is 7.98. The molecule has 1 aromatic heterocycles. The average Bonchev–Trinajstić information content (AvgIpc) is 2.38. The molecule has 1 N–H and O–H groups in total. The van der Waals surface area contributed by atoms with Crippen LogP contribution >= 0.6 is 11.8 Å². The van der Waals surface area contributed by atoms with Crippen molar-refractivity contribution in [3.05, 3.63) is 53.6 Å². The van der Waals surface area contributed by atoms with Crippen molar-refractivity contribution in [2.45, 2.75) is 17.6 Å².